The van der Waals surface area contributed by atoms with E-state index in [1.807, 2.05) is 25.1 Å². The van der Waals surface area contributed by atoms with Gasteiger partial charge in [-0.05, 0) is 48.7 Å². The molecule has 23 heavy (non-hydrogen) atoms. The van der Waals surface area contributed by atoms with Crippen molar-refractivity contribution in [3.8, 4) is 0 Å². The first kappa shape index (κ1) is 17.0. The lowest BCUT2D eigenvalue weighted by atomic mass is 10.2. The zero-order valence-corrected chi connectivity index (χ0v) is 13.7. The monoisotopic (exact) mass is 330 g/mol. The number of aromatic nitrogens is 1. The van der Waals surface area contributed by atoms with E-state index >= 15 is 0 Å². The molecular weight excluding hydrogens is 312 g/mol. The molecule has 0 spiro atoms. The van der Waals surface area contributed by atoms with E-state index in [-0.39, 0.29) is 11.5 Å². The lowest BCUT2D eigenvalue weighted by molar-refractivity contribution is -0.116. The van der Waals surface area contributed by atoms with E-state index in [0.717, 1.165) is 11.1 Å². The van der Waals surface area contributed by atoms with Gasteiger partial charge in [0.2, 0.25) is 5.91 Å². The molecule has 0 aliphatic carbocycles. The summed E-state index contributed by atoms with van der Waals surface area (Å²) in [6, 6.07) is 10.7. The molecule has 0 saturated carbocycles. The maximum Gasteiger partial charge on any atom is 0.250 e. The second-order valence-electron chi connectivity index (χ2n) is 5.27. The van der Waals surface area contributed by atoms with Crippen molar-refractivity contribution in [1.29, 1.82) is 0 Å². The normalized spacial score (nSPS) is 10.9. The van der Waals surface area contributed by atoms with Crippen molar-refractivity contribution in [2.75, 3.05) is 6.54 Å². The van der Waals surface area contributed by atoms with Gasteiger partial charge in [-0.3, -0.25) is 9.59 Å². The molecule has 0 radical (unpaired) electrons. The molecular formula is C18H19ClN2O2. The molecule has 0 fully saturated rings. The summed E-state index contributed by atoms with van der Waals surface area (Å²) < 4.78 is 1.64. The van der Waals surface area contributed by atoms with Crippen molar-refractivity contribution < 1.29 is 4.79 Å². The first-order valence-electron chi connectivity index (χ1n) is 7.43. The van der Waals surface area contributed by atoms with Crippen molar-refractivity contribution in [3.05, 3.63) is 75.2 Å². The number of amides is 1. The molecule has 4 nitrogen and oxygen atoms in total. The highest BCUT2D eigenvalue weighted by atomic mass is 35.5. The van der Waals surface area contributed by atoms with E-state index in [9.17, 15) is 9.59 Å². The fourth-order valence-electron chi connectivity index (χ4n) is 2.06. The number of benzene rings is 1. The second-order valence-corrected chi connectivity index (χ2v) is 5.70. The molecule has 2 aromatic rings. The van der Waals surface area contributed by atoms with Crippen LogP contribution in [0.25, 0.3) is 6.08 Å². The highest BCUT2D eigenvalue weighted by Gasteiger charge is 1.98. The molecule has 1 aromatic carbocycles. The summed E-state index contributed by atoms with van der Waals surface area (Å²) in [6.45, 7) is 2.99. The summed E-state index contributed by atoms with van der Waals surface area (Å²) in [7, 11) is 0. The number of halogens is 1. The summed E-state index contributed by atoms with van der Waals surface area (Å²) in [5.41, 5.74) is 1.85. The quantitative estimate of drug-likeness (QED) is 0.654. The van der Waals surface area contributed by atoms with Gasteiger partial charge in [-0.1, -0.05) is 23.7 Å². The number of nitrogens with one attached hydrogen (secondary N) is 1. The standard InChI is InChI=1S/C18H19ClN2O2/c1-14-9-12-21(18(23)13-14)11-2-10-20-17(22)8-5-15-3-6-16(19)7-4-15/h3-9,12-13H,2,10-11H2,1H3,(H,20,22)/b8-5+. The molecule has 2 rings (SSSR count). The van der Waals surface area contributed by atoms with E-state index in [1.54, 1.807) is 35.0 Å². The molecule has 1 aromatic heterocycles. The molecule has 0 bridgehead atoms. The predicted octanol–water partition coefficient (Wildman–Crippen LogP) is 3.03. The third-order valence-corrected chi connectivity index (χ3v) is 3.58. The average Bonchev–Trinajstić information content (AvgIpc) is 2.52. The molecule has 0 aliphatic heterocycles. The Labute approximate surface area is 140 Å². The molecule has 1 N–H and O–H groups in total. The van der Waals surface area contributed by atoms with Crippen molar-refractivity contribution in [3.63, 3.8) is 0 Å². The number of carbonyl (C=O) groups is 1. The van der Waals surface area contributed by atoms with Gasteiger partial charge < -0.3 is 9.88 Å². The summed E-state index contributed by atoms with van der Waals surface area (Å²) in [4.78, 5) is 23.4. The highest BCUT2D eigenvalue weighted by Crippen LogP contribution is 2.10. The number of hydrogen-bond acceptors (Lipinski definition) is 2. The smallest absolute Gasteiger partial charge is 0.250 e. The van der Waals surface area contributed by atoms with Crippen LogP contribution < -0.4 is 10.9 Å². The highest BCUT2D eigenvalue weighted by molar-refractivity contribution is 6.30. The summed E-state index contributed by atoms with van der Waals surface area (Å²) >= 11 is 5.80. The maximum absolute atomic E-state index is 11.7. The molecule has 0 saturated heterocycles. The van der Waals surface area contributed by atoms with Crippen molar-refractivity contribution in [2.45, 2.75) is 19.9 Å². The van der Waals surface area contributed by atoms with Gasteiger partial charge in [0.05, 0.1) is 0 Å². The Hall–Kier alpha value is -2.33. The summed E-state index contributed by atoms with van der Waals surface area (Å²) in [5, 5.41) is 3.46. The molecule has 0 unspecified atom stereocenters. The van der Waals surface area contributed by atoms with Gasteiger partial charge >= 0.3 is 0 Å². The lowest BCUT2D eigenvalue weighted by Crippen LogP contribution is -2.25. The first-order chi connectivity index (χ1) is 11.0. The van der Waals surface area contributed by atoms with Crippen LogP contribution >= 0.6 is 11.6 Å². The van der Waals surface area contributed by atoms with E-state index in [1.165, 1.54) is 6.08 Å². The molecule has 1 heterocycles. The van der Waals surface area contributed by atoms with Crippen LogP contribution in [-0.4, -0.2) is 17.0 Å². The van der Waals surface area contributed by atoms with E-state index in [4.69, 9.17) is 11.6 Å². The van der Waals surface area contributed by atoms with Crippen molar-refractivity contribution in [2.24, 2.45) is 0 Å². The fourth-order valence-corrected chi connectivity index (χ4v) is 2.18. The molecule has 1 amide bonds. The maximum atomic E-state index is 11.7. The van der Waals surface area contributed by atoms with Crippen LogP contribution in [0.1, 0.15) is 17.5 Å². The minimum Gasteiger partial charge on any atom is -0.352 e. The number of rotatable bonds is 6. The second kappa shape index (κ2) is 8.34. The number of nitrogens with zero attached hydrogens (tertiary/aromatic N) is 1. The van der Waals surface area contributed by atoms with Gasteiger partial charge in [-0.25, -0.2) is 0 Å². The largest absolute Gasteiger partial charge is 0.352 e. The van der Waals surface area contributed by atoms with Crippen LogP contribution in [0.2, 0.25) is 5.02 Å². The molecule has 0 aliphatic rings. The molecule has 0 atom stereocenters. The van der Waals surface area contributed by atoms with Crippen molar-refractivity contribution in [1.82, 2.24) is 9.88 Å². The molecule has 120 valence electrons. The zero-order chi connectivity index (χ0) is 16.7. The Morgan fingerprint density at radius 3 is 2.70 bits per heavy atom. The van der Waals surface area contributed by atoms with E-state index < -0.39 is 0 Å². The third-order valence-electron chi connectivity index (χ3n) is 3.32. The Morgan fingerprint density at radius 2 is 2.00 bits per heavy atom. The van der Waals surface area contributed by atoms with Crippen LogP contribution in [0.5, 0.6) is 0 Å². The van der Waals surface area contributed by atoms with Gasteiger partial charge in [0.1, 0.15) is 0 Å². The van der Waals surface area contributed by atoms with Gasteiger partial charge in [0.25, 0.3) is 5.56 Å². The lowest BCUT2D eigenvalue weighted by Gasteiger charge is -2.06. The topological polar surface area (TPSA) is 51.1 Å². The van der Waals surface area contributed by atoms with Gasteiger partial charge in [-0.2, -0.15) is 0 Å². The predicted molar refractivity (Wildman–Crippen MR) is 93.6 cm³/mol. The Balaban J connectivity index is 1.74. The van der Waals surface area contributed by atoms with Crippen LogP contribution in [-0.2, 0) is 11.3 Å². The van der Waals surface area contributed by atoms with Gasteiger partial charge in [-0.15, -0.1) is 0 Å². The SMILES string of the molecule is Cc1ccn(CCCNC(=O)/C=C/c2ccc(Cl)cc2)c(=O)c1. The number of aryl methyl sites for hydroxylation is 2. The van der Waals surface area contributed by atoms with Gasteiger partial charge in [0.15, 0.2) is 0 Å². The summed E-state index contributed by atoms with van der Waals surface area (Å²) in [5.74, 6) is -0.156. The van der Waals surface area contributed by atoms with Crippen LogP contribution in [0, 0.1) is 6.92 Å². The van der Waals surface area contributed by atoms with E-state index in [0.29, 0.717) is 24.5 Å². The Bertz CT molecular complexity index is 748. The summed E-state index contributed by atoms with van der Waals surface area (Å²) in [6.07, 6.45) is 5.70. The zero-order valence-electron chi connectivity index (χ0n) is 13.0. The van der Waals surface area contributed by atoms with Gasteiger partial charge in [0, 0.05) is 36.5 Å². The molecule has 5 heteroatoms. The number of pyridine rings is 1. The van der Waals surface area contributed by atoms with E-state index in [2.05, 4.69) is 5.32 Å². The van der Waals surface area contributed by atoms with Crippen LogP contribution in [0.3, 0.4) is 0 Å². The first-order valence-corrected chi connectivity index (χ1v) is 7.81. The Morgan fingerprint density at radius 1 is 1.26 bits per heavy atom. The number of hydrogen-bond donors (Lipinski definition) is 1. The average molecular weight is 331 g/mol. The fraction of sp³-hybridized carbons (Fsp3) is 0.222. The van der Waals surface area contributed by atoms with Crippen LogP contribution in [0.4, 0.5) is 0 Å². The number of carbonyl (C=O) groups excluding carboxylic acids is 1. The van der Waals surface area contributed by atoms with Crippen LogP contribution in [0.15, 0.2) is 53.5 Å². The third kappa shape index (κ3) is 5.75. The van der Waals surface area contributed by atoms with Crippen molar-refractivity contribution >= 4 is 23.6 Å². The minimum absolute atomic E-state index is 0.0149. The Kier molecular flexibility index (Phi) is 6.18. The minimum atomic E-state index is -0.156.